The van der Waals surface area contributed by atoms with Crippen molar-refractivity contribution in [2.45, 2.75) is 18.4 Å². The summed E-state index contributed by atoms with van der Waals surface area (Å²) in [6.07, 6.45) is 1.30. The van der Waals surface area contributed by atoms with Gasteiger partial charge in [0.05, 0.1) is 24.1 Å². The van der Waals surface area contributed by atoms with Crippen LogP contribution in [0.1, 0.15) is 16.1 Å². The Hall–Kier alpha value is -3.01. The maximum absolute atomic E-state index is 14.4. The minimum absolute atomic E-state index is 0.0349. The molecule has 2 N–H and O–H groups in total. The molecule has 0 spiro atoms. The quantitative estimate of drug-likeness (QED) is 0.546. The van der Waals surface area contributed by atoms with Crippen LogP contribution in [-0.4, -0.2) is 51.0 Å². The van der Waals surface area contributed by atoms with E-state index in [9.17, 15) is 17.6 Å². The lowest BCUT2D eigenvalue weighted by Crippen LogP contribution is -2.22. The van der Waals surface area contributed by atoms with Crippen molar-refractivity contribution in [1.82, 2.24) is 8.87 Å². The molecule has 0 atom stereocenters. The fourth-order valence-corrected chi connectivity index (χ4v) is 4.61. The van der Waals surface area contributed by atoms with E-state index < -0.39 is 16.0 Å². The van der Waals surface area contributed by atoms with Crippen molar-refractivity contribution in [3.05, 3.63) is 65.6 Å². The Balaban J connectivity index is 2.31. The fourth-order valence-electron chi connectivity index (χ4n) is 3.66. The van der Waals surface area contributed by atoms with Gasteiger partial charge in [0.25, 0.3) is 0 Å². The van der Waals surface area contributed by atoms with Crippen LogP contribution in [0, 0.1) is 6.92 Å². The number of carbonyl (C=O) groups is 1. The number of hydrogen-bond acceptors (Lipinski definition) is 5. The van der Waals surface area contributed by atoms with E-state index in [0.717, 1.165) is 10.00 Å². The van der Waals surface area contributed by atoms with Crippen LogP contribution in [-0.2, 0) is 21.3 Å². The number of sulfonamides is 1. The summed E-state index contributed by atoms with van der Waals surface area (Å²) in [6, 6.07) is 11.6. The van der Waals surface area contributed by atoms with E-state index in [1.54, 1.807) is 41.0 Å². The van der Waals surface area contributed by atoms with Gasteiger partial charge in [-0.05, 0) is 48.9 Å². The molecule has 32 heavy (non-hydrogen) atoms. The molecule has 9 heteroatoms. The first-order chi connectivity index (χ1) is 15.1. The number of methoxy groups -OCH3 is 1. The second-order valence-corrected chi connectivity index (χ2v) is 9.62. The maximum atomic E-state index is 14.4. The monoisotopic (exact) mass is 459 g/mol. The smallest absolute Gasteiger partial charge is 0.337 e. The number of allylic oxidation sites excluding steroid dienone is 1. The number of nitrogens with two attached hydrogens (primary N) is 1. The van der Waals surface area contributed by atoms with Gasteiger partial charge in [0.1, 0.15) is 5.83 Å². The molecule has 1 heterocycles. The SMILES string of the molecule is COC(=O)c1ccc2c(c1)c(-c1cccc(S(=O)(=O)N(C)C)c1)c(C)n2CC(F)=CCN. The third-order valence-corrected chi connectivity index (χ3v) is 7.11. The van der Waals surface area contributed by atoms with E-state index in [1.165, 1.54) is 33.3 Å². The molecule has 0 bridgehead atoms. The van der Waals surface area contributed by atoms with E-state index in [2.05, 4.69) is 0 Å². The Morgan fingerprint density at radius 1 is 1.22 bits per heavy atom. The lowest BCUT2D eigenvalue weighted by molar-refractivity contribution is 0.0601. The van der Waals surface area contributed by atoms with E-state index in [1.807, 2.05) is 6.92 Å². The fraction of sp³-hybridized carbons (Fsp3) is 0.261. The minimum atomic E-state index is -3.65. The molecule has 0 saturated carbocycles. The predicted octanol–water partition coefficient (Wildman–Crippen LogP) is 3.47. The standard InChI is InChI=1S/C23H26FN3O4S/c1-15-22(16-6-5-7-19(12-16)32(29,30)26(2)3)20-13-17(23(28)31-4)8-9-21(20)27(15)14-18(24)10-11-25/h5-10,12-13H,11,14,25H2,1-4H3. The summed E-state index contributed by atoms with van der Waals surface area (Å²) in [5.41, 5.74) is 8.56. The number of aromatic nitrogens is 1. The van der Waals surface area contributed by atoms with Crippen LogP contribution < -0.4 is 5.73 Å². The van der Waals surface area contributed by atoms with E-state index in [-0.39, 0.29) is 23.8 Å². The first kappa shape index (κ1) is 23.6. The molecule has 3 rings (SSSR count). The number of rotatable bonds is 7. The summed E-state index contributed by atoms with van der Waals surface area (Å²) in [5, 5.41) is 0.686. The number of benzene rings is 2. The Morgan fingerprint density at radius 3 is 2.56 bits per heavy atom. The third-order valence-electron chi connectivity index (χ3n) is 5.29. The molecule has 3 aromatic rings. The number of nitrogens with zero attached hydrogens (tertiary/aromatic N) is 2. The number of carbonyl (C=O) groups excluding carboxylic acids is 1. The summed E-state index contributed by atoms with van der Waals surface area (Å²) in [6.45, 7) is 1.87. The molecular formula is C23H26FN3O4S. The van der Waals surface area contributed by atoms with Crippen molar-refractivity contribution in [3.63, 3.8) is 0 Å². The normalized spacial score (nSPS) is 12.5. The van der Waals surface area contributed by atoms with Crippen molar-refractivity contribution in [2.24, 2.45) is 5.73 Å². The van der Waals surface area contributed by atoms with Crippen LogP contribution in [0.4, 0.5) is 4.39 Å². The van der Waals surface area contributed by atoms with Crippen molar-refractivity contribution in [3.8, 4) is 11.1 Å². The zero-order valence-corrected chi connectivity index (χ0v) is 19.2. The predicted molar refractivity (Wildman–Crippen MR) is 123 cm³/mol. The van der Waals surface area contributed by atoms with Crippen LogP contribution in [0.25, 0.3) is 22.0 Å². The highest BCUT2D eigenvalue weighted by Gasteiger charge is 2.22. The summed E-state index contributed by atoms with van der Waals surface area (Å²) < 4.78 is 47.5. The number of hydrogen-bond donors (Lipinski definition) is 1. The maximum Gasteiger partial charge on any atom is 0.337 e. The second kappa shape index (κ2) is 9.23. The summed E-state index contributed by atoms with van der Waals surface area (Å²) in [4.78, 5) is 12.3. The summed E-state index contributed by atoms with van der Waals surface area (Å²) in [5.74, 6) is -0.888. The lowest BCUT2D eigenvalue weighted by Gasteiger charge is -2.13. The largest absolute Gasteiger partial charge is 0.465 e. The van der Waals surface area contributed by atoms with Crippen LogP contribution in [0.3, 0.4) is 0 Å². The molecule has 7 nitrogen and oxygen atoms in total. The van der Waals surface area contributed by atoms with E-state index >= 15 is 0 Å². The van der Waals surface area contributed by atoms with Crippen LogP contribution in [0.5, 0.6) is 0 Å². The number of ether oxygens (including phenoxy) is 1. The second-order valence-electron chi connectivity index (χ2n) is 7.47. The molecule has 0 unspecified atom stereocenters. The van der Waals surface area contributed by atoms with Gasteiger partial charge in [-0.3, -0.25) is 0 Å². The van der Waals surface area contributed by atoms with Gasteiger partial charge in [-0.1, -0.05) is 12.1 Å². The first-order valence-electron chi connectivity index (χ1n) is 9.90. The molecule has 0 aliphatic rings. The highest BCUT2D eigenvalue weighted by atomic mass is 32.2. The van der Waals surface area contributed by atoms with Crippen LogP contribution in [0.15, 0.2) is 59.3 Å². The van der Waals surface area contributed by atoms with Gasteiger partial charge in [-0.25, -0.2) is 21.9 Å². The zero-order chi connectivity index (χ0) is 23.6. The number of fused-ring (bicyclic) bond motifs is 1. The third kappa shape index (κ3) is 4.32. The van der Waals surface area contributed by atoms with Gasteiger partial charge in [0.2, 0.25) is 10.0 Å². The van der Waals surface area contributed by atoms with E-state index in [4.69, 9.17) is 10.5 Å². The molecule has 0 aliphatic carbocycles. The van der Waals surface area contributed by atoms with Crippen LogP contribution >= 0.6 is 0 Å². The number of halogens is 1. The molecule has 2 aromatic carbocycles. The van der Waals surface area contributed by atoms with Crippen molar-refractivity contribution >= 4 is 26.9 Å². The van der Waals surface area contributed by atoms with Gasteiger partial charge in [0, 0.05) is 42.8 Å². The van der Waals surface area contributed by atoms with Gasteiger partial charge < -0.3 is 15.0 Å². The number of esters is 1. The molecule has 170 valence electrons. The van der Waals surface area contributed by atoms with Gasteiger partial charge >= 0.3 is 5.97 Å². The Bertz CT molecular complexity index is 1310. The van der Waals surface area contributed by atoms with Crippen molar-refractivity contribution in [2.75, 3.05) is 27.7 Å². The molecular weight excluding hydrogens is 433 g/mol. The Labute approximate surface area is 186 Å². The average Bonchev–Trinajstić information content (AvgIpc) is 3.03. The molecule has 0 aliphatic heterocycles. The average molecular weight is 460 g/mol. The Morgan fingerprint density at radius 2 is 1.94 bits per heavy atom. The van der Waals surface area contributed by atoms with Crippen molar-refractivity contribution in [1.29, 1.82) is 0 Å². The Kier molecular flexibility index (Phi) is 6.82. The summed E-state index contributed by atoms with van der Waals surface area (Å²) >= 11 is 0. The van der Waals surface area contributed by atoms with Crippen molar-refractivity contribution < 1.29 is 22.3 Å². The highest BCUT2D eigenvalue weighted by Crippen LogP contribution is 2.37. The van der Waals surface area contributed by atoms with Gasteiger partial charge in [-0.15, -0.1) is 0 Å². The highest BCUT2D eigenvalue weighted by molar-refractivity contribution is 7.89. The zero-order valence-electron chi connectivity index (χ0n) is 18.4. The minimum Gasteiger partial charge on any atom is -0.465 e. The van der Waals surface area contributed by atoms with Crippen LogP contribution in [0.2, 0.25) is 0 Å². The topological polar surface area (TPSA) is 94.6 Å². The lowest BCUT2D eigenvalue weighted by atomic mass is 10.0. The summed E-state index contributed by atoms with van der Waals surface area (Å²) in [7, 11) is 0.582. The van der Waals surface area contributed by atoms with E-state index in [0.29, 0.717) is 27.6 Å². The molecule has 1 aromatic heterocycles. The molecule has 0 amide bonds. The van der Waals surface area contributed by atoms with Gasteiger partial charge in [0.15, 0.2) is 0 Å². The molecule has 0 saturated heterocycles. The molecule has 0 radical (unpaired) electrons. The molecule has 0 fully saturated rings. The van der Waals surface area contributed by atoms with Gasteiger partial charge in [-0.2, -0.15) is 0 Å². The first-order valence-corrected chi connectivity index (χ1v) is 11.3.